The molecular formula is C22H24F4N4O4. The van der Waals surface area contributed by atoms with E-state index in [-0.39, 0.29) is 18.0 Å². The quantitative estimate of drug-likeness (QED) is 0.576. The van der Waals surface area contributed by atoms with E-state index in [1.165, 1.54) is 29.5 Å². The number of rotatable bonds is 3. The molecule has 34 heavy (non-hydrogen) atoms. The molecule has 0 bridgehead atoms. The van der Waals surface area contributed by atoms with Crippen molar-refractivity contribution >= 4 is 17.7 Å². The monoisotopic (exact) mass is 484 g/mol. The molecule has 1 fully saturated rings. The number of amides is 2. The molecule has 0 atom stereocenters. The Labute approximate surface area is 192 Å². The highest BCUT2D eigenvalue weighted by Crippen LogP contribution is 2.24. The highest BCUT2D eigenvalue weighted by Gasteiger charge is 2.38. The Kier molecular flexibility index (Phi) is 8.26. The number of nitrogens with one attached hydrogen (secondary N) is 2. The zero-order valence-electron chi connectivity index (χ0n) is 18.1. The van der Waals surface area contributed by atoms with Gasteiger partial charge in [-0.15, -0.1) is 0 Å². The Balaban J connectivity index is 0.000000406. The molecular weight excluding hydrogens is 460 g/mol. The zero-order chi connectivity index (χ0) is 24.7. The molecule has 0 radical (unpaired) electrons. The molecule has 0 aliphatic carbocycles. The van der Waals surface area contributed by atoms with Crippen LogP contribution in [0.3, 0.4) is 0 Å². The van der Waals surface area contributed by atoms with Crippen LogP contribution < -0.4 is 15.4 Å². The van der Waals surface area contributed by atoms with Crippen molar-refractivity contribution in [2.45, 2.75) is 38.1 Å². The van der Waals surface area contributed by atoms with Gasteiger partial charge in [-0.3, -0.25) is 0 Å². The molecule has 12 heteroatoms. The molecule has 3 N–H and O–H groups in total. The highest BCUT2D eigenvalue weighted by atomic mass is 19.4. The van der Waals surface area contributed by atoms with Crippen LogP contribution in [0.1, 0.15) is 24.0 Å². The second kappa shape index (κ2) is 11.1. The summed E-state index contributed by atoms with van der Waals surface area (Å²) >= 11 is 0. The molecule has 2 aliphatic heterocycles. The minimum absolute atomic E-state index is 0.0323. The summed E-state index contributed by atoms with van der Waals surface area (Å²) in [6.45, 7) is 2.90. The van der Waals surface area contributed by atoms with Crippen LogP contribution in [0.25, 0.3) is 0 Å². The van der Waals surface area contributed by atoms with E-state index in [1.807, 2.05) is 12.1 Å². The number of aliphatic carboxylic acids is 1. The number of aromatic nitrogens is 1. The number of nitrogens with zero attached hydrogens (tertiary/aromatic N) is 2. The number of benzene rings is 1. The standard InChI is InChI=1S/C20H23FN4O2.C2HF3O2/c21-17-4-2-9-23-19(17)27-15-7-11-25(12-8-15)20(26)24-18-5-1-3-14-13-22-10-6-16(14)18;3-2(4,5)1(6)7/h1-5,9,15,22H,6-8,10-13H2,(H,24,26);(H,6,7). The van der Waals surface area contributed by atoms with Gasteiger partial charge in [-0.2, -0.15) is 13.2 Å². The predicted octanol–water partition coefficient (Wildman–Crippen LogP) is 3.58. The van der Waals surface area contributed by atoms with E-state index >= 15 is 0 Å². The van der Waals surface area contributed by atoms with Crippen LogP contribution in [0.5, 0.6) is 5.88 Å². The van der Waals surface area contributed by atoms with E-state index in [0.717, 1.165) is 25.2 Å². The Hall–Kier alpha value is -3.41. The maximum Gasteiger partial charge on any atom is 0.490 e. The number of likely N-dealkylation sites (tertiary alicyclic amines) is 1. The van der Waals surface area contributed by atoms with Gasteiger partial charge in [0.25, 0.3) is 5.88 Å². The number of hydrogen-bond donors (Lipinski definition) is 3. The summed E-state index contributed by atoms with van der Waals surface area (Å²) < 4.78 is 51.1. The van der Waals surface area contributed by atoms with Gasteiger partial charge in [-0.25, -0.2) is 19.0 Å². The van der Waals surface area contributed by atoms with Crippen molar-refractivity contribution in [3.8, 4) is 5.88 Å². The lowest BCUT2D eigenvalue weighted by Crippen LogP contribution is -2.44. The van der Waals surface area contributed by atoms with Crippen LogP contribution in [-0.4, -0.2) is 58.9 Å². The Morgan fingerprint density at radius 3 is 2.53 bits per heavy atom. The molecule has 1 aromatic carbocycles. The van der Waals surface area contributed by atoms with Crippen molar-refractivity contribution in [1.82, 2.24) is 15.2 Å². The van der Waals surface area contributed by atoms with Crippen molar-refractivity contribution in [3.63, 3.8) is 0 Å². The van der Waals surface area contributed by atoms with Gasteiger partial charge in [0.05, 0.1) is 0 Å². The average Bonchev–Trinajstić information content (AvgIpc) is 2.81. The van der Waals surface area contributed by atoms with E-state index in [2.05, 4.69) is 21.7 Å². The molecule has 184 valence electrons. The van der Waals surface area contributed by atoms with Crippen LogP contribution in [-0.2, 0) is 17.8 Å². The number of pyridine rings is 1. The first-order valence-electron chi connectivity index (χ1n) is 10.6. The summed E-state index contributed by atoms with van der Waals surface area (Å²) in [5.74, 6) is -3.18. The number of halogens is 4. The molecule has 2 amide bonds. The lowest BCUT2D eigenvalue weighted by molar-refractivity contribution is -0.192. The number of carbonyl (C=O) groups is 2. The Bertz CT molecular complexity index is 1010. The number of carboxylic acids is 1. The van der Waals surface area contributed by atoms with Gasteiger partial charge in [0.1, 0.15) is 6.10 Å². The summed E-state index contributed by atoms with van der Waals surface area (Å²) in [6.07, 6.45) is -1.48. The van der Waals surface area contributed by atoms with Crippen molar-refractivity contribution in [2.75, 3.05) is 25.0 Å². The van der Waals surface area contributed by atoms with Gasteiger partial charge in [-0.05, 0) is 42.3 Å². The molecule has 0 spiro atoms. The number of alkyl halides is 3. The molecule has 1 aromatic heterocycles. The Morgan fingerprint density at radius 1 is 1.18 bits per heavy atom. The molecule has 4 rings (SSSR count). The smallest absolute Gasteiger partial charge is 0.475 e. The minimum atomic E-state index is -5.08. The van der Waals surface area contributed by atoms with E-state index in [1.54, 1.807) is 4.90 Å². The largest absolute Gasteiger partial charge is 0.490 e. The topological polar surface area (TPSA) is 104 Å². The van der Waals surface area contributed by atoms with Crippen molar-refractivity contribution < 1.29 is 37.0 Å². The number of urea groups is 1. The van der Waals surface area contributed by atoms with E-state index in [0.29, 0.717) is 25.9 Å². The molecule has 8 nitrogen and oxygen atoms in total. The van der Waals surface area contributed by atoms with Crippen molar-refractivity contribution in [2.24, 2.45) is 0 Å². The minimum Gasteiger partial charge on any atom is -0.475 e. The predicted molar refractivity (Wildman–Crippen MR) is 114 cm³/mol. The third-order valence-electron chi connectivity index (χ3n) is 5.36. The summed E-state index contributed by atoms with van der Waals surface area (Å²) in [6, 6.07) is 8.81. The molecule has 0 unspecified atom stereocenters. The van der Waals surface area contributed by atoms with Gasteiger partial charge in [0.2, 0.25) is 0 Å². The van der Waals surface area contributed by atoms with Gasteiger partial charge in [-0.1, -0.05) is 12.1 Å². The third-order valence-corrected chi connectivity index (χ3v) is 5.36. The van der Waals surface area contributed by atoms with Gasteiger partial charge in [0.15, 0.2) is 5.82 Å². The van der Waals surface area contributed by atoms with Crippen molar-refractivity contribution in [1.29, 1.82) is 0 Å². The first-order valence-corrected chi connectivity index (χ1v) is 10.6. The fraction of sp³-hybridized carbons (Fsp3) is 0.409. The second-order valence-corrected chi connectivity index (χ2v) is 7.70. The fourth-order valence-corrected chi connectivity index (χ4v) is 3.64. The number of carboxylic acid groups (broad SMARTS) is 1. The van der Waals surface area contributed by atoms with Crippen LogP contribution in [0.4, 0.5) is 28.0 Å². The maximum absolute atomic E-state index is 13.7. The first-order chi connectivity index (χ1) is 16.1. The molecule has 3 heterocycles. The summed E-state index contributed by atoms with van der Waals surface area (Å²) in [5, 5.41) is 13.5. The highest BCUT2D eigenvalue weighted by molar-refractivity contribution is 5.90. The number of anilines is 1. The summed E-state index contributed by atoms with van der Waals surface area (Å²) in [7, 11) is 0. The maximum atomic E-state index is 13.7. The fourth-order valence-electron chi connectivity index (χ4n) is 3.64. The van der Waals surface area contributed by atoms with Crippen LogP contribution >= 0.6 is 0 Å². The SMILES string of the molecule is O=C(Nc1cccc2c1CCNC2)N1CCC(Oc2ncccc2F)CC1.O=C(O)C(F)(F)F. The lowest BCUT2D eigenvalue weighted by atomic mass is 9.99. The van der Waals surface area contributed by atoms with Crippen LogP contribution in [0.15, 0.2) is 36.5 Å². The number of fused-ring (bicyclic) bond motifs is 1. The van der Waals surface area contributed by atoms with E-state index < -0.39 is 18.0 Å². The summed E-state index contributed by atoms with van der Waals surface area (Å²) in [4.78, 5) is 27.3. The van der Waals surface area contributed by atoms with Gasteiger partial charge >= 0.3 is 18.2 Å². The van der Waals surface area contributed by atoms with E-state index in [4.69, 9.17) is 14.6 Å². The van der Waals surface area contributed by atoms with Gasteiger partial charge < -0.3 is 25.4 Å². The van der Waals surface area contributed by atoms with E-state index in [9.17, 15) is 22.4 Å². The number of carbonyl (C=O) groups excluding carboxylic acids is 1. The second-order valence-electron chi connectivity index (χ2n) is 7.70. The molecule has 0 saturated carbocycles. The normalized spacial score (nSPS) is 16.1. The number of ether oxygens (including phenoxy) is 1. The lowest BCUT2D eigenvalue weighted by Gasteiger charge is -2.32. The Morgan fingerprint density at radius 2 is 1.88 bits per heavy atom. The van der Waals surface area contributed by atoms with Crippen LogP contribution in [0.2, 0.25) is 0 Å². The van der Waals surface area contributed by atoms with Crippen molar-refractivity contribution in [3.05, 3.63) is 53.5 Å². The number of piperidine rings is 1. The molecule has 1 saturated heterocycles. The molecule has 2 aromatic rings. The average molecular weight is 484 g/mol. The molecule has 2 aliphatic rings. The first kappa shape index (κ1) is 25.2. The zero-order valence-corrected chi connectivity index (χ0v) is 18.1. The van der Waals surface area contributed by atoms with Gasteiger partial charge in [0, 0.05) is 44.4 Å². The van der Waals surface area contributed by atoms with Crippen LogP contribution in [0, 0.1) is 5.82 Å². The summed E-state index contributed by atoms with van der Waals surface area (Å²) in [5.41, 5.74) is 3.35. The number of hydrogen-bond acceptors (Lipinski definition) is 5. The third kappa shape index (κ3) is 6.80.